The molecule has 0 N–H and O–H groups in total. The standard InChI is InChI=1S/C60H36N2OS2/c1-6-22-48-43(16-1)44-17-2-7-23-49(44)62(48)40-15-11-14-38(36-40)42-34-35-51(59-45-18-3-8-25-52(45)63-60(42)59)61(50-24-13-29-56-58(50)47-20-5-10-27-54(47)65-56)39-32-30-37(31-33-39)41-21-12-28-55-57(41)46-19-4-9-26-53(46)64-55/h1-36H. The normalized spacial score (nSPS) is 12.0. The highest BCUT2D eigenvalue weighted by molar-refractivity contribution is 7.26. The minimum atomic E-state index is 0.861. The molecule has 10 aromatic carbocycles. The molecular formula is C60H36N2OS2. The van der Waals surface area contributed by atoms with Crippen molar-refractivity contribution in [1.29, 1.82) is 0 Å². The van der Waals surface area contributed by atoms with Crippen molar-refractivity contribution in [2.24, 2.45) is 0 Å². The Bertz CT molecular complexity index is 4150. The van der Waals surface area contributed by atoms with Crippen molar-refractivity contribution >= 4 is 124 Å². The molecule has 0 aliphatic rings. The number of nitrogens with zero attached hydrogens (tertiary/aromatic N) is 2. The van der Waals surface area contributed by atoms with Crippen LogP contribution in [0.15, 0.2) is 223 Å². The average molecular weight is 865 g/mol. The highest BCUT2D eigenvalue weighted by Gasteiger charge is 2.25. The molecule has 65 heavy (non-hydrogen) atoms. The van der Waals surface area contributed by atoms with Crippen molar-refractivity contribution in [1.82, 2.24) is 4.57 Å². The highest BCUT2D eigenvalue weighted by atomic mass is 32.1. The molecule has 0 bridgehead atoms. The number of rotatable bonds is 6. The fraction of sp³-hybridized carbons (Fsp3) is 0. The summed E-state index contributed by atoms with van der Waals surface area (Å²) in [5.41, 5.74) is 13.1. The van der Waals surface area contributed by atoms with Crippen molar-refractivity contribution in [2.45, 2.75) is 0 Å². The van der Waals surface area contributed by atoms with Gasteiger partial charge in [-0.25, -0.2) is 0 Å². The maximum atomic E-state index is 7.03. The van der Waals surface area contributed by atoms with Crippen molar-refractivity contribution < 1.29 is 4.42 Å². The molecule has 0 amide bonds. The molecule has 14 rings (SSSR count). The second kappa shape index (κ2) is 14.3. The lowest BCUT2D eigenvalue weighted by Crippen LogP contribution is -2.11. The lowest BCUT2D eigenvalue weighted by atomic mass is 9.97. The van der Waals surface area contributed by atoms with Gasteiger partial charge in [0.25, 0.3) is 0 Å². The first kappa shape index (κ1) is 36.5. The van der Waals surface area contributed by atoms with Crippen molar-refractivity contribution in [3.63, 3.8) is 0 Å². The first-order valence-corrected chi connectivity index (χ1v) is 23.6. The minimum absolute atomic E-state index is 0.861. The minimum Gasteiger partial charge on any atom is -0.455 e. The maximum Gasteiger partial charge on any atom is 0.145 e. The molecule has 0 aliphatic heterocycles. The van der Waals surface area contributed by atoms with Crippen LogP contribution in [0.5, 0.6) is 0 Å². The summed E-state index contributed by atoms with van der Waals surface area (Å²) in [6.07, 6.45) is 0. The number of benzene rings is 10. The third-order valence-corrected chi connectivity index (χ3v) is 15.5. The van der Waals surface area contributed by atoms with Gasteiger partial charge in [-0.1, -0.05) is 133 Å². The second-order valence-corrected chi connectivity index (χ2v) is 18.9. The lowest BCUT2D eigenvalue weighted by Gasteiger charge is -2.28. The fourth-order valence-electron chi connectivity index (χ4n) is 10.4. The molecule has 4 heterocycles. The van der Waals surface area contributed by atoms with Gasteiger partial charge in [0, 0.05) is 73.4 Å². The van der Waals surface area contributed by atoms with Crippen LogP contribution >= 0.6 is 22.7 Å². The van der Waals surface area contributed by atoms with E-state index in [-0.39, 0.29) is 0 Å². The SMILES string of the molecule is c1cc(-c2ccc(N(c3ccc(-c4cccc5sc6ccccc6c45)cc3)c3cccc4sc5ccccc5c34)c3c2oc2ccccc23)cc(-n2c3ccccc3c3ccccc32)c1. The average Bonchev–Trinajstić information content (AvgIpc) is 4.14. The van der Waals surface area contributed by atoms with Gasteiger partial charge in [-0.2, -0.15) is 0 Å². The number of hydrogen-bond acceptors (Lipinski definition) is 4. The van der Waals surface area contributed by atoms with Gasteiger partial charge in [-0.05, 0) is 102 Å². The summed E-state index contributed by atoms with van der Waals surface area (Å²) < 4.78 is 14.6. The Morgan fingerprint density at radius 3 is 1.68 bits per heavy atom. The van der Waals surface area contributed by atoms with E-state index < -0.39 is 0 Å². The smallest absolute Gasteiger partial charge is 0.145 e. The summed E-state index contributed by atoms with van der Waals surface area (Å²) in [6.45, 7) is 0. The molecule has 14 aromatic rings. The van der Waals surface area contributed by atoms with Crippen LogP contribution in [0.4, 0.5) is 17.1 Å². The Morgan fingerprint density at radius 2 is 0.938 bits per heavy atom. The molecule has 0 unspecified atom stereocenters. The molecular weight excluding hydrogens is 829 g/mol. The predicted octanol–water partition coefficient (Wildman–Crippen LogP) is 18.2. The van der Waals surface area contributed by atoms with E-state index in [0.717, 1.165) is 55.8 Å². The maximum absolute atomic E-state index is 7.03. The number of fused-ring (bicyclic) bond motifs is 12. The topological polar surface area (TPSA) is 21.3 Å². The van der Waals surface area contributed by atoms with Gasteiger partial charge in [0.05, 0.1) is 27.8 Å². The van der Waals surface area contributed by atoms with Crippen LogP contribution < -0.4 is 4.90 Å². The number of furan rings is 1. The molecule has 0 radical (unpaired) electrons. The van der Waals surface area contributed by atoms with E-state index in [2.05, 4.69) is 228 Å². The van der Waals surface area contributed by atoms with Crippen molar-refractivity contribution in [3.05, 3.63) is 218 Å². The summed E-state index contributed by atoms with van der Waals surface area (Å²) in [4.78, 5) is 2.47. The molecule has 5 heteroatoms. The Balaban J connectivity index is 0.999. The number of para-hydroxylation sites is 3. The van der Waals surface area contributed by atoms with E-state index in [9.17, 15) is 0 Å². The molecule has 0 spiro atoms. The van der Waals surface area contributed by atoms with Crippen LogP contribution in [0.1, 0.15) is 0 Å². The van der Waals surface area contributed by atoms with Crippen LogP contribution in [-0.4, -0.2) is 4.57 Å². The third kappa shape index (κ3) is 5.53. The van der Waals surface area contributed by atoms with E-state index in [4.69, 9.17) is 4.42 Å². The Hall–Kier alpha value is -7.96. The zero-order valence-corrected chi connectivity index (χ0v) is 36.5. The largest absolute Gasteiger partial charge is 0.455 e. The second-order valence-electron chi connectivity index (χ2n) is 16.8. The molecule has 4 aromatic heterocycles. The van der Waals surface area contributed by atoms with Gasteiger partial charge in [-0.3, -0.25) is 0 Å². The van der Waals surface area contributed by atoms with Gasteiger partial charge < -0.3 is 13.9 Å². The Labute approximate surface area is 381 Å². The van der Waals surface area contributed by atoms with Crippen LogP contribution in [0, 0.1) is 0 Å². The Kier molecular flexibility index (Phi) is 8.02. The van der Waals surface area contributed by atoms with Crippen LogP contribution in [-0.2, 0) is 0 Å². The molecule has 0 atom stereocenters. The summed E-state index contributed by atoms with van der Waals surface area (Å²) in [5, 5.41) is 9.78. The van der Waals surface area contributed by atoms with E-state index in [1.54, 1.807) is 0 Å². The monoisotopic (exact) mass is 864 g/mol. The van der Waals surface area contributed by atoms with Gasteiger partial charge in [0.15, 0.2) is 0 Å². The fourth-order valence-corrected chi connectivity index (χ4v) is 12.7. The first-order chi connectivity index (χ1) is 32.2. The summed E-state index contributed by atoms with van der Waals surface area (Å²) in [5.74, 6) is 0. The number of aromatic nitrogens is 1. The van der Waals surface area contributed by atoms with E-state index in [0.29, 0.717) is 0 Å². The third-order valence-electron chi connectivity index (χ3n) is 13.2. The highest BCUT2D eigenvalue weighted by Crippen LogP contribution is 2.50. The van der Waals surface area contributed by atoms with Crippen LogP contribution in [0.2, 0.25) is 0 Å². The van der Waals surface area contributed by atoms with Gasteiger partial charge in [0.2, 0.25) is 0 Å². The molecule has 304 valence electrons. The number of thiophene rings is 2. The van der Waals surface area contributed by atoms with Crippen molar-refractivity contribution in [3.8, 4) is 27.9 Å². The van der Waals surface area contributed by atoms with Gasteiger partial charge in [0.1, 0.15) is 11.2 Å². The first-order valence-electron chi connectivity index (χ1n) is 22.0. The van der Waals surface area contributed by atoms with Crippen molar-refractivity contribution in [2.75, 3.05) is 4.90 Å². The van der Waals surface area contributed by atoms with Crippen LogP contribution in [0.25, 0.3) is 112 Å². The Morgan fingerprint density at radius 1 is 0.369 bits per heavy atom. The molecule has 0 fully saturated rings. The number of hydrogen-bond donors (Lipinski definition) is 0. The lowest BCUT2D eigenvalue weighted by molar-refractivity contribution is 0.670. The van der Waals surface area contributed by atoms with Gasteiger partial charge >= 0.3 is 0 Å². The molecule has 0 saturated carbocycles. The zero-order chi connectivity index (χ0) is 42.6. The summed E-state index contributed by atoms with van der Waals surface area (Å²) in [6, 6.07) is 79.6. The zero-order valence-electron chi connectivity index (χ0n) is 34.9. The quantitative estimate of drug-likeness (QED) is 0.166. The molecule has 0 aliphatic carbocycles. The predicted molar refractivity (Wildman–Crippen MR) is 279 cm³/mol. The van der Waals surface area contributed by atoms with Crippen LogP contribution in [0.3, 0.4) is 0 Å². The number of anilines is 3. The van der Waals surface area contributed by atoms with Gasteiger partial charge in [-0.15, -0.1) is 22.7 Å². The van der Waals surface area contributed by atoms with E-state index in [1.807, 2.05) is 22.7 Å². The summed E-state index contributed by atoms with van der Waals surface area (Å²) in [7, 11) is 0. The van der Waals surface area contributed by atoms with E-state index >= 15 is 0 Å². The summed E-state index contributed by atoms with van der Waals surface area (Å²) >= 11 is 3.71. The molecule has 3 nitrogen and oxygen atoms in total. The molecule has 0 saturated heterocycles. The van der Waals surface area contributed by atoms with E-state index in [1.165, 1.54) is 73.3 Å².